The minimum atomic E-state index is -0.764. The number of phenols is 2. The molecule has 0 spiro atoms. The van der Waals surface area contributed by atoms with E-state index < -0.39 is 11.7 Å². The number of aliphatic hydroxyl groups excluding tert-OH is 1. The third-order valence-electron chi connectivity index (χ3n) is 4.17. The van der Waals surface area contributed by atoms with Crippen LogP contribution < -0.4 is 0 Å². The van der Waals surface area contributed by atoms with Crippen molar-refractivity contribution in [2.24, 2.45) is 0 Å². The van der Waals surface area contributed by atoms with E-state index in [1.54, 1.807) is 24.4 Å². The number of aromatic hydroxyl groups is 2. The van der Waals surface area contributed by atoms with Gasteiger partial charge in [0.1, 0.15) is 0 Å². The Bertz CT molecular complexity index is 866. The van der Waals surface area contributed by atoms with Crippen molar-refractivity contribution in [3.63, 3.8) is 0 Å². The predicted molar refractivity (Wildman–Crippen MR) is 75.4 cm³/mol. The first-order valence-corrected chi connectivity index (χ1v) is 6.54. The normalized spacial score (nSPS) is 23.0. The number of allylic oxidation sites excluding steroid dienone is 4. The van der Waals surface area contributed by atoms with E-state index in [9.17, 15) is 20.1 Å². The number of carbonyl (C=O) groups is 1. The lowest BCUT2D eigenvalue weighted by molar-refractivity contribution is -0.119. The maximum absolute atomic E-state index is 12.4. The summed E-state index contributed by atoms with van der Waals surface area (Å²) in [5.41, 5.74) is 1.02. The average molecular weight is 281 g/mol. The third kappa shape index (κ3) is 1.40. The van der Waals surface area contributed by atoms with Crippen LogP contribution in [0.2, 0.25) is 0 Å². The van der Waals surface area contributed by atoms with Gasteiger partial charge in [0, 0.05) is 23.1 Å². The van der Waals surface area contributed by atoms with Crippen LogP contribution in [0.4, 0.5) is 0 Å². The molecule has 5 nitrogen and oxygen atoms in total. The summed E-state index contributed by atoms with van der Waals surface area (Å²) in [5, 5.41) is 31.3. The number of hydrogen-bond donors (Lipinski definition) is 3. The molecule has 0 saturated carbocycles. The molecule has 0 bridgehead atoms. The van der Waals surface area contributed by atoms with E-state index in [0.29, 0.717) is 22.0 Å². The Balaban J connectivity index is 2.13. The number of carbonyl (C=O) groups excluding carboxylic acids is 1. The molecule has 2 aromatic rings. The van der Waals surface area contributed by atoms with Crippen LogP contribution in [0, 0.1) is 0 Å². The van der Waals surface area contributed by atoms with Crippen LogP contribution in [0.1, 0.15) is 23.1 Å². The molecule has 1 heterocycles. The predicted octanol–water partition coefficient (Wildman–Crippen LogP) is 2.41. The monoisotopic (exact) mass is 281 g/mol. The molecule has 0 aliphatic heterocycles. The van der Waals surface area contributed by atoms with Gasteiger partial charge in [0.2, 0.25) is 5.78 Å². The molecular weight excluding hydrogens is 270 g/mol. The van der Waals surface area contributed by atoms with Crippen molar-refractivity contribution in [3.8, 4) is 11.5 Å². The first kappa shape index (κ1) is 12.0. The van der Waals surface area contributed by atoms with Gasteiger partial charge in [0.05, 0.1) is 11.6 Å². The van der Waals surface area contributed by atoms with Crippen LogP contribution in [0.15, 0.2) is 42.3 Å². The van der Waals surface area contributed by atoms with Gasteiger partial charge in [-0.1, -0.05) is 12.2 Å². The number of rotatable bonds is 0. The molecule has 0 amide bonds. The fourth-order valence-corrected chi connectivity index (χ4v) is 3.28. The number of Topliss-reactive ketones (excluding diaryl/α,β-unsaturated/α-hetero) is 1. The van der Waals surface area contributed by atoms with Crippen LogP contribution in [-0.4, -0.2) is 26.1 Å². The summed E-state index contributed by atoms with van der Waals surface area (Å²) in [6.07, 6.45) is 6.34. The average Bonchev–Trinajstić information content (AvgIpc) is 2.72. The van der Waals surface area contributed by atoms with Gasteiger partial charge in [0.25, 0.3) is 0 Å². The number of hydrogen-bond acceptors (Lipinski definition) is 5. The van der Waals surface area contributed by atoms with Crippen LogP contribution in [0.5, 0.6) is 11.5 Å². The topological polar surface area (TPSA) is 90.7 Å². The molecule has 2 aliphatic carbocycles. The standard InChI is InChI=1S/C16H11NO4/c18-9-3-1-2-8-12(15(9)20)13-11-7(4-5-17-14(8)11)6-10(19)16(13)21/h1-6,8,12,18-19,21H. The van der Waals surface area contributed by atoms with E-state index in [4.69, 9.17) is 0 Å². The molecule has 1 aromatic heterocycles. The van der Waals surface area contributed by atoms with Gasteiger partial charge in [-0.2, -0.15) is 0 Å². The lowest BCUT2D eigenvalue weighted by Crippen LogP contribution is -2.16. The summed E-state index contributed by atoms with van der Waals surface area (Å²) in [7, 11) is 0. The molecule has 0 saturated heterocycles. The molecule has 104 valence electrons. The van der Waals surface area contributed by atoms with Crippen molar-refractivity contribution in [1.82, 2.24) is 4.98 Å². The van der Waals surface area contributed by atoms with Crippen LogP contribution >= 0.6 is 0 Å². The van der Waals surface area contributed by atoms with Gasteiger partial charge in [0.15, 0.2) is 17.3 Å². The van der Waals surface area contributed by atoms with E-state index in [-0.39, 0.29) is 23.2 Å². The zero-order valence-electron chi connectivity index (χ0n) is 10.8. The first-order valence-electron chi connectivity index (χ1n) is 6.54. The van der Waals surface area contributed by atoms with Crippen molar-refractivity contribution in [3.05, 3.63) is 53.6 Å². The Kier molecular flexibility index (Phi) is 2.19. The van der Waals surface area contributed by atoms with Gasteiger partial charge < -0.3 is 15.3 Å². The first-order chi connectivity index (χ1) is 10.1. The second kappa shape index (κ2) is 3.85. The Morgan fingerprint density at radius 3 is 2.81 bits per heavy atom. The van der Waals surface area contributed by atoms with Crippen molar-refractivity contribution in [2.45, 2.75) is 11.8 Å². The minimum absolute atomic E-state index is 0.278. The summed E-state index contributed by atoms with van der Waals surface area (Å²) >= 11 is 0. The number of pyridine rings is 1. The van der Waals surface area contributed by atoms with Crippen molar-refractivity contribution < 1.29 is 20.1 Å². The number of benzene rings is 1. The maximum atomic E-state index is 12.4. The molecular formula is C16H11NO4. The SMILES string of the molecule is O=C1C(O)=CC=CC2c3nccc4cc(O)c(O)c(c34)C12. The molecule has 5 heteroatoms. The number of phenolic OH excluding ortho intramolecular Hbond substituents is 2. The fraction of sp³-hybridized carbons (Fsp3) is 0.125. The molecule has 2 atom stereocenters. The Morgan fingerprint density at radius 2 is 2.00 bits per heavy atom. The summed E-state index contributed by atoms with van der Waals surface area (Å²) in [6, 6.07) is 3.17. The number of ketones is 1. The Morgan fingerprint density at radius 1 is 1.19 bits per heavy atom. The molecule has 2 unspecified atom stereocenters. The zero-order chi connectivity index (χ0) is 14.7. The highest BCUT2D eigenvalue weighted by Crippen LogP contribution is 2.53. The highest BCUT2D eigenvalue weighted by atomic mass is 16.3. The number of nitrogens with zero attached hydrogens (tertiary/aromatic N) is 1. The number of aromatic nitrogens is 1. The summed E-state index contributed by atoms with van der Waals surface area (Å²) in [6.45, 7) is 0. The molecule has 1 aromatic carbocycles. The smallest absolute Gasteiger partial charge is 0.205 e. The van der Waals surface area contributed by atoms with E-state index in [0.717, 1.165) is 0 Å². The molecule has 2 aliphatic rings. The highest BCUT2D eigenvalue weighted by molar-refractivity contribution is 6.07. The van der Waals surface area contributed by atoms with Crippen LogP contribution in [0.25, 0.3) is 10.8 Å². The summed E-state index contributed by atoms with van der Waals surface area (Å²) in [5.74, 6) is -2.56. The second-order valence-corrected chi connectivity index (χ2v) is 5.26. The van der Waals surface area contributed by atoms with Crippen LogP contribution in [-0.2, 0) is 4.79 Å². The van der Waals surface area contributed by atoms with E-state index in [2.05, 4.69) is 4.98 Å². The van der Waals surface area contributed by atoms with Crippen LogP contribution in [0.3, 0.4) is 0 Å². The van der Waals surface area contributed by atoms with Crippen molar-refractivity contribution in [1.29, 1.82) is 0 Å². The maximum Gasteiger partial charge on any atom is 0.205 e. The lowest BCUT2D eigenvalue weighted by atomic mass is 9.87. The Labute approximate surface area is 119 Å². The number of fused-ring (bicyclic) bond motifs is 3. The van der Waals surface area contributed by atoms with Gasteiger partial charge in [-0.25, -0.2) is 0 Å². The lowest BCUT2D eigenvalue weighted by Gasteiger charge is -2.16. The van der Waals surface area contributed by atoms with Gasteiger partial charge in [-0.05, 0) is 23.6 Å². The summed E-state index contributed by atoms with van der Waals surface area (Å²) < 4.78 is 0. The molecule has 4 rings (SSSR count). The Hall–Kier alpha value is -2.82. The summed E-state index contributed by atoms with van der Waals surface area (Å²) in [4.78, 5) is 16.8. The minimum Gasteiger partial charge on any atom is -0.504 e. The molecule has 21 heavy (non-hydrogen) atoms. The molecule has 3 N–H and O–H groups in total. The molecule has 0 fully saturated rings. The third-order valence-corrected chi connectivity index (χ3v) is 4.17. The van der Waals surface area contributed by atoms with E-state index in [1.165, 1.54) is 12.1 Å². The van der Waals surface area contributed by atoms with E-state index >= 15 is 0 Å². The quantitative estimate of drug-likeness (QED) is 0.645. The largest absolute Gasteiger partial charge is 0.504 e. The van der Waals surface area contributed by atoms with Gasteiger partial charge in [-0.3, -0.25) is 9.78 Å². The molecule has 0 radical (unpaired) electrons. The van der Waals surface area contributed by atoms with Gasteiger partial charge in [-0.15, -0.1) is 0 Å². The van der Waals surface area contributed by atoms with Gasteiger partial charge >= 0.3 is 0 Å². The second-order valence-electron chi connectivity index (χ2n) is 5.26. The van der Waals surface area contributed by atoms with Crippen molar-refractivity contribution >= 4 is 16.6 Å². The van der Waals surface area contributed by atoms with E-state index in [1.807, 2.05) is 0 Å². The van der Waals surface area contributed by atoms with Crippen molar-refractivity contribution in [2.75, 3.05) is 0 Å². The number of aliphatic hydroxyl groups is 1. The highest BCUT2D eigenvalue weighted by Gasteiger charge is 2.43. The fourth-order valence-electron chi connectivity index (χ4n) is 3.28. The zero-order valence-corrected chi connectivity index (χ0v) is 10.8.